The van der Waals surface area contributed by atoms with E-state index in [9.17, 15) is 0 Å². The first-order chi connectivity index (χ1) is 9.31. The fourth-order valence-corrected chi connectivity index (χ4v) is 1.87. The fourth-order valence-electron chi connectivity index (χ4n) is 1.87. The summed E-state index contributed by atoms with van der Waals surface area (Å²) >= 11 is 0. The number of hydrogen-bond donors (Lipinski definition) is 1. The Morgan fingerprint density at radius 2 is 2.00 bits per heavy atom. The van der Waals surface area contributed by atoms with Crippen molar-refractivity contribution in [1.82, 2.24) is 20.1 Å². The molecule has 0 spiro atoms. The number of rotatable bonds is 7. The molecule has 0 bridgehead atoms. The molecule has 1 heterocycles. The van der Waals surface area contributed by atoms with Gasteiger partial charge in [-0.3, -0.25) is 4.68 Å². The SMILES string of the molecule is CCOCc1ccccc1CNCc1ncnn1C. The van der Waals surface area contributed by atoms with Crippen LogP contribution in [-0.4, -0.2) is 21.4 Å². The maximum Gasteiger partial charge on any atom is 0.140 e. The van der Waals surface area contributed by atoms with E-state index in [2.05, 4.69) is 33.6 Å². The van der Waals surface area contributed by atoms with Gasteiger partial charge in [0.25, 0.3) is 0 Å². The highest BCUT2D eigenvalue weighted by Crippen LogP contribution is 2.10. The topological polar surface area (TPSA) is 52.0 Å². The van der Waals surface area contributed by atoms with Crippen molar-refractivity contribution in [3.05, 3.63) is 47.5 Å². The molecule has 2 rings (SSSR count). The number of benzene rings is 1. The Labute approximate surface area is 113 Å². The van der Waals surface area contributed by atoms with Crippen LogP contribution in [-0.2, 0) is 31.5 Å². The van der Waals surface area contributed by atoms with Gasteiger partial charge in [-0.1, -0.05) is 24.3 Å². The first kappa shape index (κ1) is 13.7. The van der Waals surface area contributed by atoms with E-state index < -0.39 is 0 Å². The van der Waals surface area contributed by atoms with Gasteiger partial charge in [0.2, 0.25) is 0 Å². The second-order valence-electron chi connectivity index (χ2n) is 4.31. The van der Waals surface area contributed by atoms with Crippen LogP contribution in [0.2, 0.25) is 0 Å². The number of ether oxygens (including phenoxy) is 1. The van der Waals surface area contributed by atoms with Gasteiger partial charge in [-0.2, -0.15) is 5.10 Å². The number of aryl methyl sites for hydroxylation is 1. The van der Waals surface area contributed by atoms with Crippen molar-refractivity contribution in [1.29, 1.82) is 0 Å². The lowest BCUT2D eigenvalue weighted by Crippen LogP contribution is -2.17. The molecule has 0 unspecified atom stereocenters. The van der Waals surface area contributed by atoms with Crippen LogP contribution in [0.3, 0.4) is 0 Å². The molecular formula is C14H20N4O. The molecule has 0 saturated carbocycles. The summed E-state index contributed by atoms with van der Waals surface area (Å²) in [5.74, 6) is 0.933. The van der Waals surface area contributed by atoms with Gasteiger partial charge < -0.3 is 10.1 Å². The van der Waals surface area contributed by atoms with Gasteiger partial charge in [0, 0.05) is 20.2 Å². The van der Waals surface area contributed by atoms with Gasteiger partial charge in [0.1, 0.15) is 12.2 Å². The van der Waals surface area contributed by atoms with Crippen molar-refractivity contribution >= 4 is 0 Å². The molecular weight excluding hydrogens is 240 g/mol. The molecule has 0 fully saturated rings. The lowest BCUT2D eigenvalue weighted by atomic mass is 10.1. The van der Waals surface area contributed by atoms with E-state index in [0.29, 0.717) is 13.2 Å². The zero-order valence-corrected chi connectivity index (χ0v) is 11.5. The minimum atomic E-state index is 0.665. The Bertz CT molecular complexity index is 510. The molecule has 5 nitrogen and oxygen atoms in total. The van der Waals surface area contributed by atoms with Gasteiger partial charge in [0.05, 0.1) is 13.2 Å². The van der Waals surface area contributed by atoms with Crippen LogP contribution < -0.4 is 5.32 Å². The van der Waals surface area contributed by atoms with Crippen molar-refractivity contribution in [3.63, 3.8) is 0 Å². The highest BCUT2D eigenvalue weighted by molar-refractivity contribution is 5.26. The maximum absolute atomic E-state index is 5.48. The van der Waals surface area contributed by atoms with Crippen LogP contribution >= 0.6 is 0 Å². The molecule has 1 aromatic carbocycles. The van der Waals surface area contributed by atoms with Crippen molar-refractivity contribution in [3.8, 4) is 0 Å². The summed E-state index contributed by atoms with van der Waals surface area (Å²) in [5.41, 5.74) is 2.49. The van der Waals surface area contributed by atoms with Crippen molar-refractivity contribution in [2.75, 3.05) is 6.61 Å². The average Bonchev–Trinajstić information content (AvgIpc) is 2.83. The van der Waals surface area contributed by atoms with Gasteiger partial charge in [0.15, 0.2) is 0 Å². The quantitative estimate of drug-likeness (QED) is 0.822. The number of aromatic nitrogens is 3. The van der Waals surface area contributed by atoms with E-state index in [1.165, 1.54) is 11.1 Å². The van der Waals surface area contributed by atoms with Gasteiger partial charge in [-0.05, 0) is 18.1 Å². The van der Waals surface area contributed by atoms with Gasteiger partial charge >= 0.3 is 0 Å². The number of nitrogens with one attached hydrogen (secondary N) is 1. The van der Waals surface area contributed by atoms with Crippen LogP contribution in [0.25, 0.3) is 0 Å². The molecule has 0 aliphatic heterocycles. The summed E-state index contributed by atoms with van der Waals surface area (Å²) in [6.07, 6.45) is 1.57. The summed E-state index contributed by atoms with van der Waals surface area (Å²) in [7, 11) is 1.90. The first-order valence-corrected chi connectivity index (χ1v) is 6.49. The second-order valence-corrected chi connectivity index (χ2v) is 4.31. The third kappa shape index (κ3) is 3.87. The van der Waals surface area contributed by atoms with Crippen molar-refractivity contribution in [2.45, 2.75) is 26.6 Å². The largest absolute Gasteiger partial charge is 0.377 e. The highest BCUT2D eigenvalue weighted by Gasteiger charge is 2.03. The van der Waals surface area contributed by atoms with Crippen molar-refractivity contribution < 1.29 is 4.74 Å². The summed E-state index contributed by atoms with van der Waals surface area (Å²) in [6, 6.07) is 8.32. The smallest absolute Gasteiger partial charge is 0.140 e. The summed E-state index contributed by atoms with van der Waals surface area (Å²) in [6.45, 7) is 4.92. The number of hydrogen-bond acceptors (Lipinski definition) is 4. The van der Waals surface area contributed by atoms with E-state index in [0.717, 1.165) is 19.0 Å². The maximum atomic E-state index is 5.48. The Kier molecular flexibility index (Phi) is 5.06. The Morgan fingerprint density at radius 1 is 1.21 bits per heavy atom. The molecule has 0 saturated heterocycles. The standard InChI is InChI=1S/C14H20N4O/c1-3-19-10-13-7-5-4-6-12(13)8-15-9-14-16-11-17-18(14)2/h4-7,11,15H,3,8-10H2,1-2H3. The Balaban J connectivity index is 1.90. The van der Waals surface area contributed by atoms with Crippen LogP contribution in [0.1, 0.15) is 23.9 Å². The van der Waals surface area contributed by atoms with E-state index >= 15 is 0 Å². The average molecular weight is 260 g/mol. The minimum absolute atomic E-state index is 0.665. The molecule has 102 valence electrons. The lowest BCUT2D eigenvalue weighted by Gasteiger charge is -2.10. The third-order valence-corrected chi connectivity index (χ3v) is 2.98. The zero-order valence-electron chi connectivity index (χ0n) is 11.5. The van der Waals surface area contributed by atoms with E-state index in [1.54, 1.807) is 11.0 Å². The van der Waals surface area contributed by atoms with Crippen LogP contribution in [0.15, 0.2) is 30.6 Å². The molecule has 0 amide bonds. The molecule has 0 atom stereocenters. The van der Waals surface area contributed by atoms with Crippen LogP contribution in [0.4, 0.5) is 0 Å². The molecule has 1 N–H and O–H groups in total. The summed E-state index contributed by atoms with van der Waals surface area (Å²) in [4.78, 5) is 4.18. The van der Waals surface area contributed by atoms with Gasteiger partial charge in [-0.25, -0.2) is 4.98 Å². The second kappa shape index (κ2) is 7.01. The predicted molar refractivity (Wildman–Crippen MR) is 73.3 cm³/mol. The Morgan fingerprint density at radius 3 is 2.68 bits per heavy atom. The fraction of sp³-hybridized carbons (Fsp3) is 0.429. The molecule has 1 aromatic heterocycles. The first-order valence-electron chi connectivity index (χ1n) is 6.49. The molecule has 0 aliphatic rings. The molecule has 5 heteroatoms. The van der Waals surface area contributed by atoms with E-state index in [-0.39, 0.29) is 0 Å². The summed E-state index contributed by atoms with van der Waals surface area (Å²) in [5, 5.41) is 7.43. The molecule has 19 heavy (non-hydrogen) atoms. The monoisotopic (exact) mass is 260 g/mol. The lowest BCUT2D eigenvalue weighted by molar-refractivity contribution is 0.133. The third-order valence-electron chi connectivity index (χ3n) is 2.98. The van der Waals surface area contributed by atoms with Crippen LogP contribution in [0.5, 0.6) is 0 Å². The van der Waals surface area contributed by atoms with Crippen LogP contribution in [0, 0.1) is 0 Å². The molecule has 2 aromatic rings. The molecule has 0 radical (unpaired) electrons. The van der Waals surface area contributed by atoms with Crippen molar-refractivity contribution in [2.24, 2.45) is 7.05 Å². The highest BCUT2D eigenvalue weighted by atomic mass is 16.5. The molecule has 0 aliphatic carbocycles. The van der Waals surface area contributed by atoms with E-state index in [4.69, 9.17) is 4.74 Å². The normalized spacial score (nSPS) is 10.8. The predicted octanol–water partition coefficient (Wildman–Crippen LogP) is 1.64. The Hall–Kier alpha value is -1.72. The van der Waals surface area contributed by atoms with E-state index in [1.807, 2.05) is 20.0 Å². The van der Waals surface area contributed by atoms with Gasteiger partial charge in [-0.15, -0.1) is 0 Å². The zero-order chi connectivity index (χ0) is 13.5. The minimum Gasteiger partial charge on any atom is -0.377 e. The summed E-state index contributed by atoms with van der Waals surface area (Å²) < 4.78 is 7.25. The number of nitrogens with zero attached hydrogens (tertiary/aromatic N) is 3.